The number of H-pyrrole nitrogens is 1. The Morgan fingerprint density at radius 1 is 1.23 bits per heavy atom. The molecule has 2 aliphatic heterocycles. The van der Waals surface area contributed by atoms with Crippen molar-refractivity contribution in [3.8, 4) is 0 Å². The van der Waals surface area contributed by atoms with Crippen molar-refractivity contribution in [3.05, 3.63) is 35.5 Å². The van der Waals surface area contributed by atoms with E-state index in [-0.39, 0.29) is 5.97 Å². The van der Waals surface area contributed by atoms with Gasteiger partial charge in [0, 0.05) is 41.1 Å². The van der Waals surface area contributed by atoms with Crippen LogP contribution in [-0.4, -0.2) is 41.4 Å². The van der Waals surface area contributed by atoms with E-state index in [4.69, 9.17) is 23.4 Å². The Bertz CT molecular complexity index is 927. The zero-order valence-corrected chi connectivity index (χ0v) is 17.9. The summed E-state index contributed by atoms with van der Waals surface area (Å²) in [6.07, 6.45) is 4.91. The van der Waals surface area contributed by atoms with Gasteiger partial charge in [0.05, 0.1) is 7.11 Å². The second-order valence-corrected chi connectivity index (χ2v) is 8.48. The first-order valence-electron chi connectivity index (χ1n) is 10.1. The molecule has 2 atom stereocenters. The maximum Gasteiger partial charge on any atom is 0.305 e. The lowest BCUT2D eigenvalue weighted by molar-refractivity contribution is -2.00. The predicted molar refractivity (Wildman–Crippen MR) is 99.4 cm³/mol. The van der Waals surface area contributed by atoms with Crippen molar-refractivity contribution >= 4 is 22.6 Å². The number of aromatic nitrogens is 1. The third-order valence-corrected chi connectivity index (χ3v) is 5.98. The average Bonchev–Trinajstić information content (AvgIpc) is 3.09. The number of ether oxygens (including phenoxy) is 1. The minimum Gasteiger partial charge on any atom is -0.469 e. The highest BCUT2D eigenvalue weighted by Crippen LogP contribution is 2.38. The Balaban J connectivity index is 0.000000461. The van der Waals surface area contributed by atoms with Crippen LogP contribution in [0.5, 0.6) is 0 Å². The van der Waals surface area contributed by atoms with Crippen molar-refractivity contribution in [2.45, 2.75) is 44.9 Å². The number of methoxy groups -OCH3 is 1. The summed E-state index contributed by atoms with van der Waals surface area (Å²) in [5.74, 6) is 0.920. The monoisotopic (exact) mass is 438 g/mol. The minimum atomic E-state index is -4.94. The zero-order valence-electron chi connectivity index (χ0n) is 17.2. The lowest BCUT2D eigenvalue weighted by Gasteiger charge is -2.29. The van der Waals surface area contributed by atoms with E-state index in [2.05, 4.69) is 40.7 Å². The van der Waals surface area contributed by atoms with Crippen LogP contribution in [0.1, 0.15) is 56.2 Å². The fourth-order valence-electron chi connectivity index (χ4n) is 4.75. The number of hydrogen-bond donors (Lipinski definition) is 1. The summed E-state index contributed by atoms with van der Waals surface area (Å²) in [6.45, 7) is 4.53. The smallest absolute Gasteiger partial charge is 0.305 e. The van der Waals surface area contributed by atoms with Gasteiger partial charge in [0.15, 0.2) is 0 Å². The molecule has 8 nitrogen and oxygen atoms in total. The summed E-state index contributed by atoms with van der Waals surface area (Å²) >= 11 is 0. The van der Waals surface area contributed by atoms with Crippen LogP contribution in [-0.2, 0) is 9.53 Å². The van der Waals surface area contributed by atoms with Gasteiger partial charge in [-0.2, -0.15) is 0 Å². The third kappa shape index (κ3) is 5.19. The molecule has 0 spiro atoms. The Hall–Kier alpha value is -1.97. The van der Waals surface area contributed by atoms with Gasteiger partial charge in [0.25, 0.3) is 0 Å². The summed E-state index contributed by atoms with van der Waals surface area (Å²) in [7, 11) is -3.47. The van der Waals surface area contributed by atoms with Gasteiger partial charge in [-0.1, -0.05) is 25.1 Å². The highest BCUT2D eigenvalue weighted by atomic mass is 35.7. The number of carbonyl (C=O) groups is 1. The van der Waals surface area contributed by atoms with E-state index in [9.17, 15) is 4.79 Å². The van der Waals surface area contributed by atoms with Crippen LogP contribution in [0.3, 0.4) is 0 Å². The second kappa shape index (κ2) is 9.45. The molecule has 30 heavy (non-hydrogen) atoms. The van der Waals surface area contributed by atoms with Gasteiger partial charge in [-0.05, 0) is 25.3 Å². The first kappa shape index (κ1) is 22.7. The van der Waals surface area contributed by atoms with E-state index in [0.717, 1.165) is 32.4 Å². The molecule has 1 N–H and O–H groups in total. The first-order chi connectivity index (χ1) is 14.2. The third-order valence-electron chi connectivity index (χ3n) is 5.98. The number of rotatable bonds is 4. The molecule has 4 rings (SSSR count). The predicted octanol–water partition coefficient (Wildman–Crippen LogP) is -0.916. The number of aromatic amines is 1. The minimum absolute atomic E-state index is 0.100. The molecule has 0 aliphatic carbocycles. The number of para-hydroxylation sites is 1. The average molecular weight is 439 g/mol. The van der Waals surface area contributed by atoms with Crippen LogP contribution < -0.4 is 18.6 Å². The highest BCUT2D eigenvalue weighted by molar-refractivity contribution is 6.05. The highest BCUT2D eigenvalue weighted by Gasteiger charge is 2.40. The van der Waals surface area contributed by atoms with Crippen molar-refractivity contribution < 1.29 is 43.0 Å². The van der Waals surface area contributed by atoms with Crippen LogP contribution >= 0.6 is 0 Å². The van der Waals surface area contributed by atoms with E-state index >= 15 is 0 Å². The van der Waals surface area contributed by atoms with Gasteiger partial charge < -0.3 is 9.72 Å². The molecular weight excluding hydrogens is 412 g/mol. The maximum absolute atomic E-state index is 11.6. The van der Waals surface area contributed by atoms with Crippen LogP contribution in [0.15, 0.2) is 24.3 Å². The molecule has 3 heterocycles. The van der Waals surface area contributed by atoms with Crippen molar-refractivity contribution in [2.75, 3.05) is 20.2 Å². The number of benzene rings is 1. The van der Waals surface area contributed by atoms with Crippen LogP contribution in [0.4, 0.5) is 0 Å². The van der Waals surface area contributed by atoms with E-state index in [1.807, 2.05) is 0 Å². The van der Waals surface area contributed by atoms with Gasteiger partial charge in [0.2, 0.25) is 5.71 Å². The lowest BCUT2D eigenvalue weighted by Crippen LogP contribution is -2.68. The Morgan fingerprint density at radius 3 is 2.60 bits per heavy atom. The van der Waals surface area contributed by atoms with E-state index in [1.54, 1.807) is 0 Å². The number of hydrogen-bond acceptors (Lipinski definition) is 6. The molecule has 9 heteroatoms. The van der Waals surface area contributed by atoms with Crippen molar-refractivity contribution in [2.24, 2.45) is 5.92 Å². The molecule has 1 aromatic carbocycles. The van der Waals surface area contributed by atoms with E-state index in [0.29, 0.717) is 18.3 Å². The van der Waals surface area contributed by atoms with Gasteiger partial charge in [-0.15, -0.1) is 10.2 Å². The van der Waals surface area contributed by atoms with Crippen LogP contribution in [0, 0.1) is 16.2 Å². The summed E-state index contributed by atoms with van der Waals surface area (Å²) in [6, 6.07) is 8.66. The molecule has 2 aromatic rings. The topological polar surface area (TPSA) is 137 Å². The number of halogens is 1. The summed E-state index contributed by atoms with van der Waals surface area (Å²) in [4.78, 5) is 15.4. The fraction of sp³-hybridized carbons (Fsp3) is 0.524. The molecule has 0 fully saturated rings. The lowest BCUT2D eigenvalue weighted by atomic mass is 9.80. The Morgan fingerprint density at radius 2 is 1.93 bits per heavy atom. The first-order valence-corrected chi connectivity index (χ1v) is 11.4. The summed E-state index contributed by atoms with van der Waals surface area (Å²) in [5.41, 5.74) is 5.49. The van der Waals surface area contributed by atoms with Crippen molar-refractivity contribution in [1.29, 1.82) is 0 Å². The molecule has 0 saturated heterocycles. The summed E-state index contributed by atoms with van der Waals surface area (Å²) < 4.78 is 41.4. The van der Waals surface area contributed by atoms with Gasteiger partial charge >= 0.3 is 5.97 Å². The second-order valence-electron chi connectivity index (χ2n) is 7.73. The van der Waals surface area contributed by atoms with Gasteiger partial charge in [-0.3, -0.25) is 4.79 Å². The van der Waals surface area contributed by atoms with Crippen molar-refractivity contribution in [1.82, 2.24) is 4.98 Å². The molecule has 0 radical (unpaired) electrons. The number of carbonyl (C=O) groups excluding carboxylic acids is 1. The standard InChI is InChI=1S/C21H26N2O2.ClHO4/c1-3-14-13-23-12-6-7-15(10-11-18(24)25-2)21(23)20-19(14)16-8-4-5-9-17(16)22-20;2-1(3,4)5/h4-5,8-9,14-15H,3,6-7,10-13H2,1-2H3;(H,2,3,4,5)/t14?,15-;/m0./s1. The molecule has 1 aromatic heterocycles. The normalized spacial score (nSPS) is 20.9. The van der Waals surface area contributed by atoms with E-state index < -0.39 is 10.2 Å². The number of nitrogens with one attached hydrogen (secondary N) is 1. The fourth-order valence-corrected chi connectivity index (χ4v) is 4.75. The number of fused-ring (bicyclic) bond motifs is 4. The molecule has 2 aliphatic rings. The molecule has 0 bridgehead atoms. The van der Waals surface area contributed by atoms with E-state index in [1.165, 1.54) is 41.4 Å². The number of nitrogens with zero attached hydrogens (tertiary/aromatic N) is 1. The Labute approximate surface area is 177 Å². The molecule has 0 saturated carbocycles. The molecular formula is C21H27ClN2O6. The largest absolute Gasteiger partial charge is 0.469 e. The SMILES string of the molecule is CCC1C[N+]2=C(c3[nH]c4ccccc4c31)[C@H](CCC(=O)OC)CCC2.[O-][Cl+3]([O-])([O-])[O-]. The molecule has 0 amide bonds. The number of esters is 1. The zero-order chi connectivity index (χ0) is 21.9. The summed E-state index contributed by atoms with van der Waals surface area (Å²) in [5, 5.41) is 1.37. The van der Waals surface area contributed by atoms with Gasteiger partial charge in [0.1, 0.15) is 18.8 Å². The van der Waals surface area contributed by atoms with Crippen molar-refractivity contribution in [3.63, 3.8) is 0 Å². The maximum atomic E-state index is 11.6. The molecule has 1 unspecified atom stereocenters. The van der Waals surface area contributed by atoms with Crippen LogP contribution in [0.2, 0.25) is 0 Å². The van der Waals surface area contributed by atoms with Crippen LogP contribution in [0.25, 0.3) is 10.9 Å². The molecule has 164 valence electrons. The Kier molecular flexibility index (Phi) is 7.15. The quantitative estimate of drug-likeness (QED) is 0.484. The van der Waals surface area contributed by atoms with Gasteiger partial charge in [-0.25, -0.2) is 23.2 Å².